The molecule has 2 aromatic rings. The van der Waals surface area contributed by atoms with E-state index in [1.54, 1.807) is 19.1 Å². The summed E-state index contributed by atoms with van der Waals surface area (Å²) in [7, 11) is -3.61. The van der Waals surface area contributed by atoms with Gasteiger partial charge in [-0.2, -0.15) is 15.0 Å². The second-order valence-corrected chi connectivity index (χ2v) is 9.83. The number of nitrogens with zero attached hydrogens (tertiary/aromatic N) is 3. The summed E-state index contributed by atoms with van der Waals surface area (Å²) in [6, 6.07) is 4.45. The van der Waals surface area contributed by atoms with Crippen LogP contribution in [0.15, 0.2) is 18.2 Å². The maximum absolute atomic E-state index is 14.4. The summed E-state index contributed by atoms with van der Waals surface area (Å²) in [5, 5.41) is 12.7. The fourth-order valence-corrected chi connectivity index (χ4v) is 3.61. The zero-order valence-corrected chi connectivity index (χ0v) is 18.9. The van der Waals surface area contributed by atoms with Crippen molar-refractivity contribution in [1.82, 2.24) is 15.0 Å². The highest BCUT2D eigenvalue weighted by Gasteiger charge is 2.19. The molecule has 0 amide bonds. The highest BCUT2D eigenvalue weighted by Crippen LogP contribution is 2.27. The Balaban J connectivity index is 2.34. The molecule has 30 heavy (non-hydrogen) atoms. The molecule has 0 aliphatic rings. The molecule has 0 saturated heterocycles. The van der Waals surface area contributed by atoms with Crippen molar-refractivity contribution in [2.75, 3.05) is 22.9 Å². The van der Waals surface area contributed by atoms with E-state index in [0.717, 1.165) is 6.26 Å². The van der Waals surface area contributed by atoms with Gasteiger partial charge in [0.05, 0.1) is 23.9 Å². The molecule has 0 radical (unpaired) electrons. The van der Waals surface area contributed by atoms with Gasteiger partial charge in [-0.25, -0.2) is 12.8 Å². The molecule has 0 bridgehead atoms. The van der Waals surface area contributed by atoms with Crippen LogP contribution in [0, 0.1) is 11.7 Å². The van der Waals surface area contributed by atoms with Crippen LogP contribution < -0.4 is 10.0 Å². The van der Waals surface area contributed by atoms with E-state index in [4.69, 9.17) is 11.6 Å². The number of aliphatic hydroxyl groups excluding tert-OH is 1. The first-order valence-corrected chi connectivity index (χ1v) is 11.8. The first kappa shape index (κ1) is 24.2. The second kappa shape index (κ2) is 10.3. The predicted octanol–water partition coefficient (Wildman–Crippen LogP) is 3.20. The monoisotopic (exact) mass is 459 g/mol. The van der Waals surface area contributed by atoms with Crippen molar-refractivity contribution in [2.24, 2.45) is 5.92 Å². The standard InChI is InChI=1S/C19H27ClFN5O3S/c1-11(2)8-13(10-27)22-18-23-16(24-19(25-18)26-30(4,28)29)9-12(3)14-6-5-7-15(20)17(14)21/h5-7,11-13,27H,8-10H2,1-4H3,(H2,22,23,24,25,26). The molecule has 1 aromatic carbocycles. The molecule has 1 heterocycles. The Morgan fingerprint density at radius 2 is 1.83 bits per heavy atom. The van der Waals surface area contributed by atoms with Gasteiger partial charge in [0, 0.05) is 6.42 Å². The van der Waals surface area contributed by atoms with Gasteiger partial charge in [0.1, 0.15) is 11.6 Å². The van der Waals surface area contributed by atoms with Gasteiger partial charge in [-0.1, -0.05) is 44.5 Å². The van der Waals surface area contributed by atoms with Crippen LogP contribution in [-0.2, 0) is 16.4 Å². The van der Waals surface area contributed by atoms with Gasteiger partial charge in [0.2, 0.25) is 21.9 Å². The molecule has 0 aliphatic heterocycles. The van der Waals surface area contributed by atoms with Crippen molar-refractivity contribution in [3.63, 3.8) is 0 Å². The third-order valence-corrected chi connectivity index (χ3v) is 5.11. The molecule has 2 atom stereocenters. The molecule has 2 rings (SSSR count). The number of halogens is 2. The molecule has 2 unspecified atom stereocenters. The van der Waals surface area contributed by atoms with Crippen molar-refractivity contribution in [3.05, 3.63) is 40.4 Å². The molecule has 0 saturated carbocycles. The van der Waals surface area contributed by atoms with E-state index in [2.05, 4.69) is 25.0 Å². The number of benzene rings is 1. The average Bonchev–Trinajstić information content (AvgIpc) is 2.61. The van der Waals surface area contributed by atoms with Gasteiger partial charge >= 0.3 is 0 Å². The van der Waals surface area contributed by atoms with Gasteiger partial charge in [-0.05, 0) is 29.9 Å². The fraction of sp³-hybridized carbons (Fsp3) is 0.526. The summed E-state index contributed by atoms with van der Waals surface area (Å²) in [6.07, 6.45) is 1.88. The lowest BCUT2D eigenvalue weighted by Gasteiger charge is -2.19. The maximum atomic E-state index is 14.4. The highest BCUT2D eigenvalue weighted by molar-refractivity contribution is 7.91. The number of aromatic nitrogens is 3. The summed E-state index contributed by atoms with van der Waals surface area (Å²) in [4.78, 5) is 12.6. The van der Waals surface area contributed by atoms with Crippen molar-refractivity contribution < 1.29 is 17.9 Å². The Kier molecular flexibility index (Phi) is 8.34. The molecule has 1 aromatic heterocycles. The minimum Gasteiger partial charge on any atom is -0.394 e. The van der Waals surface area contributed by atoms with Crippen LogP contribution in [0.1, 0.15) is 44.5 Å². The Morgan fingerprint density at radius 3 is 2.43 bits per heavy atom. The first-order chi connectivity index (χ1) is 14.0. The van der Waals surface area contributed by atoms with Crippen molar-refractivity contribution in [2.45, 2.75) is 45.6 Å². The van der Waals surface area contributed by atoms with Gasteiger partial charge < -0.3 is 10.4 Å². The molecule has 0 fully saturated rings. The zero-order chi connectivity index (χ0) is 22.5. The summed E-state index contributed by atoms with van der Waals surface area (Å²) in [5.41, 5.74) is 0.406. The van der Waals surface area contributed by atoms with E-state index < -0.39 is 15.8 Å². The minimum absolute atomic E-state index is 0.0243. The van der Waals surface area contributed by atoms with Crippen molar-refractivity contribution in [1.29, 1.82) is 0 Å². The summed E-state index contributed by atoms with van der Waals surface area (Å²) in [5.74, 6) is -0.267. The number of rotatable bonds is 10. The number of sulfonamides is 1. The Bertz CT molecular complexity index is 975. The van der Waals surface area contributed by atoms with Crippen LogP contribution in [0.3, 0.4) is 0 Å². The summed E-state index contributed by atoms with van der Waals surface area (Å²) in [6.45, 7) is 5.69. The van der Waals surface area contributed by atoms with E-state index in [1.165, 1.54) is 6.07 Å². The van der Waals surface area contributed by atoms with Crippen LogP contribution in [0.2, 0.25) is 5.02 Å². The minimum atomic E-state index is -3.61. The average molecular weight is 460 g/mol. The molecular weight excluding hydrogens is 433 g/mol. The van der Waals surface area contributed by atoms with Gasteiger partial charge in [-0.3, -0.25) is 4.72 Å². The predicted molar refractivity (Wildman–Crippen MR) is 116 cm³/mol. The smallest absolute Gasteiger partial charge is 0.241 e. The topological polar surface area (TPSA) is 117 Å². The largest absolute Gasteiger partial charge is 0.394 e. The molecule has 0 aliphatic carbocycles. The number of hydrogen-bond acceptors (Lipinski definition) is 7. The van der Waals surface area contributed by atoms with E-state index in [1.807, 2.05) is 13.8 Å². The van der Waals surface area contributed by atoms with Crippen LogP contribution in [0.4, 0.5) is 16.3 Å². The van der Waals surface area contributed by atoms with E-state index in [9.17, 15) is 17.9 Å². The lowest BCUT2D eigenvalue weighted by molar-refractivity contribution is 0.259. The van der Waals surface area contributed by atoms with Crippen LogP contribution in [-0.4, -0.2) is 47.4 Å². The van der Waals surface area contributed by atoms with Gasteiger partial charge in [0.15, 0.2) is 0 Å². The lowest BCUT2D eigenvalue weighted by atomic mass is 9.97. The van der Waals surface area contributed by atoms with Gasteiger partial charge in [0.25, 0.3) is 0 Å². The number of nitrogens with one attached hydrogen (secondary N) is 2. The molecule has 166 valence electrons. The molecule has 3 N–H and O–H groups in total. The van der Waals surface area contributed by atoms with Crippen LogP contribution >= 0.6 is 11.6 Å². The SMILES string of the molecule is CC(C)CC(CO)Nc1nc(CC(C)c2cccc(Cl)c2F)nc(NS(C)(=O)=O)n1. The summed E-state index contributed by atoms with van der Waals surface area (Å²) >= 11 is 5.87. The van der Waals surface area contributed by atoms with Crippen molar-refractivity contribution in [3.8, 4) is 0 Å². The van der Waals surface area contributed by atoms with E-state index in [0.29, 0.717) is 17.9 Å². The maximum Gasteiger partial charge on any atom is 0.241 e. The van der Waals surface area contributed by atoms with Gasteiger partial charge in [-0.15, -0.1) is 0 Å². The Morgan fingerprint density at radius 1 is 1.17 bits per heavy atom. The van der Waals surface area contributed by atoms with E-state index in [-0.39, 0.29) is 47.7 Å². The molecule has 11 heteroatoms. The van der Waals surface area contributed by atoms with E-state index >= 15 is 0 Å². The number of anilines is 2. The molecule has 0 spiro atoms. The van der Waals surface area contributed by atoms with Crippen LogP contribution in [0.25, 0.3) is 0 Å². The second-order valence-electron chi connectivity index (χ2n) is 7.67. The molecular formula is C19H27ClFN5O3S. The fourth-order valence-electron chi connectivity index (χ4n) is 3.00. The number of hydrogen-bond donors (Lipinski definition) is 3. The lowest BCUT2D eigenvalue weighted by Crippen LogP contribution is -2.27. The Labute approximate surface area is 181 Å². The zero-order valence-electron chi connectivity index (χ0n) is 17.4. The number of aliphatic hydroxyl groups is 1. The quantitative estimate of drug-likeness (QED) is 0.499. The third kappa shape index (κ3) is 7.33. The normalized spacial score (nSPS) is 13.9. The van der Waals surface area contributed by atoms with Crippen molar-refractivity contribution >= 4 is 33.5 Å². The third-order valence-electron chi connectivity index (χ3n) is 4.27. The molecule has 8 nitrogen and oxygen atoms in total. The highest BCUT2D eigenvalue weighted by atomic mass is 35.5. The van der Waals surface area contributed by atoms with Crippen LogP contribution in [0.5, 0.6) is 0 Å². The Hall–Kier alpha value is -2.04. The summed E-state index contributed by atoms with van der Waals surface area (Å²) < 4.78 is 39.9. The first-order valence-electron chi connectivity index (χ1n) is 9.52.